The average molecular weight is 377 g/mol. The van der Waals surface area contributed by atoms with Gasteiger partial charge in [-0.3, -0.25) is 9.59 Å². The fraction of sp³-hybridized carbons (Fsp3) is 0.474. The highest BCUT2D eigenvalue weighted by Crippen LogP contribution is 2.05. The van der Waals surface area contributed by atoms with E-state index in [2.05, 4.69) is 16.0 Å². The van der Waals surface area contributed by atoms with Crippen molar-refractivity contribution in [2.75, 3.05) is 6.54 Å². The number of carbonyl (C=O) groups is 4. The topological polar surface area (TPSA) is 125 Å². The fourth-order valence-corrected chi connectivity index (χ4v) is 2.49. The number of carbonyl (C=O) groups excluding carboxylic acids is 3. The molecule has 27 heavy (non-hydrogen) atoms. The molecular weight excluding hydrogens is 350 g/mol. The summed E-state index contributed by atoms with van der Waals surface area (Å²) in [5.41, 5.74) is 1.87. The number of rotatable bonds is 11. The van der Waals surface area contributed by atoms with E-state index in [1.807, 2.05) is 24.3 Å². The Kier molecular flexibility index (Phi) is 9.57. The zero-order valence-corrected chi connectivity index (χ0v) is 15.7. The number of amides is 3. The molecule has 0 aromatic heterocycles. The lowest BCUT2D eigenvalue weighted by Gasteiger charge is -2.13. The first kappa shape index (κ1) is 22.1. The molecule has 1 aromatic rings. The van der Waals surface area contributed by atoms with E-state index in [0.717, 1.165) is 11.1 Å². The molecule has 0 saturated heterocycles. The standard InChI is InChI=1S/C19H27N3O5/c1-13(23)11-15-6-8-16(9-7-15)12-21-19(27)20-10-4-3-5-17(18(25)26)22-14(2)24/h6-9,17H,3-5,10-12H2,1-2H3,(H,22,24)(H,25,26)(H2,20,21,27)/t17-/m0/s1. The number of unbranched alkanes of at least 4 members (excludes halogenated alkanes) is 1. The van der Waals surface area contributed by atoms with Crippen molar-refractivity contribution in [3.63, 3.8) is 0 Å². The van der Waals surface area contributed by atoms with Crippen LogP contribution >= 0.6 is 0 Å². The van der Waals surface area contributed by atoms with Crippen LogP contribution in [0.2, 0.25) is 0 Å². The van der Waals surface area contributed by atoms with Crippen molar-refractivity contribution in [2.24, 2.45) is 0 Å². The molecule has 0 aliphatic rings. The third-order valence-electron chi connectivity index (χ3n) is 3.81. The number of hydrogen-bond donors (Lipinski definition) is 4. The molecule has 0 unspecified atom stereocenters. The molecule has 0 radical (unpaired) electrons. The normalized spacial score (nSPS) is 11.3. The van der Waals surface area contributed by atoms with Gasteiger partial charge in [-0.1, -0.05) is 24.3 Å². The van der Waals surface area contributed by atoms with Crippen molar-refractivity contribution in [3.8, 4) is 0 Å². The first-order chi connectivity index (χ1) is 12.8. The maximum absolute atomic E-state index is 11.8. The van der Waals surface area contributed by atoms with Crippen molar-refractivity contribution < 1.29 is 24.3 Å². The molecule has 1 atom stereocenters. The van der Waals surface area contributed by atoms with Gasteiger partial charge in [0, 0.05) is 26.4 Å². The summed E-state index contributed by atoms with van der Waals surface area (Å²) in [6.07, 6.45) is 1.88. The second-order valence-electron chi connectivity index (χ2n) is 6.39. The van der Waals surface area contributed by atoms with Gasteiger partial charge < -0.3 is 21.1 Å². The summed E-state index contributed by atoms with van der Waals surface area (Å²) in [5.74, 6) is -1.34. The Hall–Kier alpha value is -2.90. The lowest BCUT2D eigenvalue weighted by Crippen LogP contribution is -2.39. The Morgan fingerprint density at radius 3 is 2.15 bits per heavy atom. The fourth-order valence-electron chi connectivity index (χ4n) is 2.49. The van der Waals surface area contributed by atoms with Crippen molar-refractivity contribution in [3.05, 3.63) is 35.4 Å². The molecule has 0 fully saturated rings. The monoisotopic (exact) mass is 377 g/mol. The maximum atomic E-state index is 11.8. The van der Waals surface area contributed by atoms with Gasteiger partial charge >= 0.3 is 12.0 Å². The van der Waals surface area contributed by atoms with Gasteiger partial charge in [-0.25, -0.2) is 9.59 Å². The molecule has 148 valence electrons. The Balaban J connectivity index is 2.21. The van der Waals surface area contributed by atoms with Crippen LogP contribution in [-0.4, -0.2) is 41.4 Å². The van der Waals surface area contributed by atoms with Crippen molar-refractivity contribution in [1.29, 1.82) is 0 Å². The summed E-state index contributed by atoms with van der Waals surface area (Å²) < 4.78 is 0. The van der Waals surface area contributed by atoms with E-state index < -0.39 is 12.0 Å². The highest BCUT2D eigenvalue weighted by Gasteiger charge is 2.17. The third-order valence-corrected chi connectivity index (χ3v) is 3.81. The Bertz CT molecular complexity index is 658. The predicted octanol–water partition coefficient (Wildman–Crippen LogP) is 1.38. The minimum absolute atomic E-state index is 0.104. The first-order valence-electron chi connectivity index (χ1n) is 8.86. The second-order valence-corrected chi connectivity index (χ2v) is 6.39. The third kappa shape index (κ3) is 9.98. The molecule has 0 aliphatic carbocycles. The molecule has 0 heterocycles. The highest BCUT2D eigenvalue weighted by atomic mass is 16.4. The lowest BCUT2D eigenvalue weighted by atomic mass is 10.1. The predicted molar refractivity (Wildman–Crippen MR) is 100 cm³/mol. The number of Topliss-reactive ketones (excluding diaryl/α,β-unsaturated/α-hetero) is 1. The maximum Gasteiger partial charge on any atom is 0.326 e. The van der Waals surface area contributed by atoms with Gasteiger partial charge in [0.15, 0.2) is 0 Å². The van der Waals surface area contributed by atoms with E-state index in [4.69, 9.17) is 5.11 Å². The van der Waals surface area contributed by atoms with E-state index in [1.165, 1.54) is 6.92 Å². The van der Waals surface area contributed by atoms with Crippen molar-refractivity contribution >= 4 is 23.7 Å². The van der Waals surface area contributed by atoms with E-state index in [-0.39, 0.29) is 17.7 Å². The molecule has 8 nitrogen and oxygen atoms in total. The Labute approximate surface area is 158 Å². The van der Waals surface area contributed by atoms with Crippen LogP contribution in [-0.2, 0) is 27.3 Å². The summed E-state index contributed by atoms with van der Waals surface area (Å²) >= 11 is 0. The van der Waals surface area contributed by atoms with E-state index >= 15 is 0 Å². The quantitative estimate of drug-likeness (QED) is 0.434. The van der Waals surface area contributed by atoms with E-state index in [9.17, 15) is 19.2 Å². The van der Waals surface area contributed by atoms with Crippen LogP contribution in [0, 0.1) is 0 Å². The van der Waals surface area contributed by atoms with Gasteiger partial charge in [0.1, 0.15) is 11.8 Å². The van der Waals surface area contributed by atoms with Gasteiger partial charge in [0.2, 0.25) is 5.91 Å². The van der Waals surface area contributed by atoms with E-state index in [0.29, 0.717) is 38.8 Å². The van der Waals surface area contributed by atoms with Crippen molar-refractivity contribution in [1.82, 2.24) is 16.0 Å². The molecule has 1 rings (SSSR count). The zero-order chi connectivity index (χ0) is 20.2. The van der Waals surface area contributed by atoms with Crippen LogP contribution in [0.5, 0.6) is 0 Å². The Morgan fingerprint density at radius 1 is 0.963 bits per heavy atom. The number of carboxylic acids is 1. The number of aliphatic carboxylic acids is 1. The minimum Gasteiger partial charge on any atom is -0.480 e. The number of hydrogen-bond acceptors (Lipinski definition) is 4. The van der Waals surface area contributed by atoms with Gasteiger partial charge in [-0.15, -0.1) is 0 Å². The summed E-state index contributed by atoms with van der Waals surface area (Å²) in [6, 6.07) is 6.26. The van der Waals surface area contributed by atoms with Crippen molar-refractivity contribution in [2.45, 2.75) is 52.1 Å². The molecular formula is C19H27N3O5. The van der Waals surface area contributed by atoms with Gasteiger partial charge in [-0.05, 0) is 37.3 Å². The molecule has 0 saturated carbocycles. The number of carboxylic acid groups (broad SMARTS) is 1. The lowest BCUT2D eigenvalue weighted by molar-refractivity contribution is -0.141. The molecule has 1 aromatic carbocycles. The highest BCUT2D eigenvalue weighted by molar-refractivity contribution is 5.82. The molecule has 8 heteroatoms. The van der Waals surface area contributed by atoms with Crippen LogP contribution in [0.4, 0.5) is 4.79 Å². The van der Waals surface area contributed by atoms with Crippen LogP contribution in [0.25, 0.3) is 0 Å². The first-order valence-corrected chi connectivity index (χ1v) is 8.86. The molecule has 4 N–H and O–H groups in total. The SMILES string of the molecule is CC(=O)Cc1ccc(CNC(=O)NCCCC[C@H](NC(C)=O)C(=O)O)cc1. The molecule has 3 amide bonds. The summed E-state index contributed by atoms with van der Waals surface area (Å²) in [7, 11) is 0. The van der Waals surface area contributed by atoms with Crippen LogP contribution in [0.3, 0.4) is 0 Å². The molecule has 0 aliphatic heterocycles. The smallest absolute Gasteiger partial charge is 0.326 e. The molecule has 0 spiro atoms. The summed E-state index contributed by atoms with van der Waals surface area (Å²) in [5, 5.41) is 16.8. The van der Waals surface area contributed by atoms with Gasteiger partial charge in [-0.2, -0.15) is 0 Å². The molecule has 0 bridgehead atoms. The number of ketones is 1. The van der Waals surface area contributed by atoms with Crippen LogP contribution < -0.4 is 16.0 Å². The van der Waals surface area contributed by atoms with Gasteiger partial charge in [0.25, 0.3) is 0 Å². The van der Waals surface area contributed by atoms with Crippen LogP contribution in [0.15, 0.2) is 24.3 Å². The largest absolute Gasteiger partial charge is 0.480 e. The average Bonchev–Trinajstić information content (AvgIpc) is 2.59. The van der Waals surface area contributed by atoms with E-state index in [1.54, 1.807) is 6.92 Å². The summed E-state index contributed by atoms with van der Waals surface area (Å²) in [6.45, 7) is 3.60. The Morgan fingerprint density at radius 2 is 1.59 bits per heavy atom. The number of urea groups is 1. The number of benzene rings is 1. The summed E-state index contributed by atoms with van der Waals surface area (Å²) in [4.78, 5) is 44.8. The zero-order valence-electron chi connectivity index (χ0n) is 15.7. The van der Waals surface area contributed by atoms with Gasteiger partial charge in [0.05, 0.1) is 0 Å². The number of nitrogens with one attached hydrogen (secondary N) is 3. The van der Waals surface area contributed by atoms with Crippen LogP contribution in [0.1, 0.15) is 44.2 Å². The second kappa shape index (κ2) is 11.7. The minimum atomic E-state index is -1.06.